The number of carbonyl (C=O) groups is 1. The van der Waals surface area contributed by atoms with Crippen molar-refractivity contribution >= 4 is 22.6 Å². The van der Waals surface area contributed by atoms with Crippen LogP contribution in [0.4, 0.5) is 5.69 Å². The molecule has 4 heteroatoms. The summed E-state index contributed by atoms with van der Waals surface area (Å²) in [7, 11) is 0. The van der Waals surface area contributed by atoms with Crippen LogP contribution in [0.15, 0.2) is 72.8 Å². The molecule has 1 amide bonds. The highest BCUT2D eigenvalue weighted by molar-refractivity contribution is 5.91. The molecule has 0 aliphatic rings. The van der Waals surface area contributed by atoms with E-state index in [0.29, 0.717) is 12.8 Å². The van der Waals surface area contributed by atoms with Gasteiger partial charge >= 0.3 is 0 Å². The van der Waals surface area contributed by atoms with Crippen molar-refractivity contribution in [2.75, 3.05) is 5.32 Å². The average Bonchev–Trinajstić information content (AvgIpc) is 3.07. The van der Waals surface area contributed by atoms with Crippen LogP contribution in [0.2, 0.25) is 0 Å². The molecular formula is C24H23N3O. The van der Waals surface area contributed by atoms with E-state index < -0.39 is 0 Å². The number of fused-ring (bicyclic) bond motifs is 1. The third-order valence-corrected chi connectivity index (χ3v) is 4.88. The second-order valence-electron chi connectivity index (χ2n) is 7.05. The largest absolute Gasteiger partial charge is 0.326 e. The molecule has 0 bridgehead atoms. The highest BCUT2D eigenvalue weighted by atomic mass is 16.1. The molecule has 4 rings (SSSR count). The number of aromatic nitrogens is 2. The first-order chi connectivity index (χ1) is 13.6. The molecular weight excluding hydrogens is 346 g/mol. The maximum Gasteiger partial charge on any atom is 0.224 e. The maximum absolute atomic E-state index is 12.5. The molecule has 1 aromatic heterocycles. The van der Waals surface area contributed by atoms with Crippen molar-refractivity contribution in [1.29, 1.82) is 0 Å². The Hall–Kier alpha value is -3.40. The number of amides is 1. The minimum Gasteiger partial charge on any atom is -0.326 e. The van der Waals surface area contributed by atoms with Gasteiger partial charge in [-0.15, -0.1) is 0 Å². The molecule has 0 aliphatic heterocycles. The predicted molar refractivity (Wildman–Crippen MR) is 114 cm³/mol. The molecule has 140 valence electrons. The second kappa shape index (κ2) is 7.69. The number of benzene rings is 3. The third-order valence-electron chi connectivity index (χ3n) is 4.88. The third kappa shape index (κ3) is 3.67. The summed E-state index contributed by atoms with van der Waals surface area (Å²) in [6.07, 6.45) is 0.948. The molecule has 0 unspecified atom stereocenters. The lowest BCUT2D eigenvalue weighted by atomic mass is 10.1. The quantitative estimate of drug-likeness (QED) is 0.525. The van der Waals surface area contributed by atoms with Crippen molar-refractivity contribution in [2.45, 2.75) is 26.7 Å². The van der Waals surface area contributed by atoms with Crippen LogP contribution in [0.25, 0.3) is 16.7 Å². The number of hydrogen-bond acceptors (Lipinski definition) is 2. The van der Waals surface area contributed by atoms with E-state index in [4.69, 9.17) is 4.98 Å². The van der Waals surface area contributed by atoms with E-state index in [1.54, 1.807) is 0 Å². The zero-order valence-electron chi connectivity index (χ0n) is 16.1. The molecule has 0 saturated carbocycles. The summed E-state index contributed by atoms with van der Waals surface area (Å²) in [5.74, 6) is 0.891. The van der Waals surface area contributed by atoms with Gasteiger partial charge in [-0.2, -0.15) is 0 Å². The summed E-state index contributed by atoms with van der Waals surface area (Å²) in [6, 6.07) is 24.3. The van der Waals surface area contributed by atoms with Gasteiger partial charge in [-0.3, -0.25) is 9.36 Å². The Kier molecular flexibility index (Phi) is 4.94. The van der Waals surface area contributed by atoms with E-state index in [-0.39, 0.29) is 5.91 Å². The summed E-state index contributed by atoms with van der Waals surface area (Å²) in [6.45, 7) is 4.06. The maximum atomic E-state index is 12.5. The van der Waals surface area contributed by atoms with Gasteiger partial charge in [-0.05, 0) is 49.7 Å². The van der Waals surface area contributed by atoms with Gasteiger partial charge in [-0.25, -0.2) is 4.98 Å². The first kappa shape index (κ1) is 18.0. The number of carbonyl (C=O) groups excluding carboxylic acids is 1. The van der Waals surface area contributed by atoms with Gasteiger partial charge in [0.2, 0.25) is 5.91 Å². The molecule has 0 aliphatic carbocycles. The van der Waals surface area contributed by atoms with Crippen LogP contribution in [-0.2, 0) is 11.2 Å². The van der Waals surface area contributed by atoms with Gasteiger partial charge in [0.15, 0.2) is 0 Å². The fourth-order valence-corrected chi connectivity index (χ4v) is 3.50. The SMILES string of the molecule is Cc1ccc(NC(=O)CCc2nc3ccccc3n2-c2ccccc2)c(C)c1. The first-order valence-corrected chi connectivity index (χ1v) is 9.51. The number of aryl methyl sites for hydroxylation is 3. The van der Waals surface area contributed by atoms with Crippen LogP contribution in [-0.4, -0.2) is 15.5 Å². The van der Waals surface area contributed by atoms with Crippen molar-refractivity contribution in [3.63, 3.8) is 0 Å². The van der Waals surface area contributed by atoms with Crippen LogP contribution >= 0.6 is 0 Å². The minimum absolute atomic E-state index is 0.00128. The average molecular weight is 369 g/mol. The summed E-state index contributed by atoms with van der Waals surface area (Å²) in [5, 5.41) is 3.02. The zero-order chi connectivity index (χ0) is 19.5. The van der Waals surface area contributed by atoms with Crippen LogP contribution in [0, 0.1) is 13.8 Å². The van der Waals surface area contributed by atoms with Gasteiger partial charge in [0.25, 0.3) is 0 Å². The lowest BCUT2D eigenvalue weighted by molar-refractivity contribution is -0.116. The van der Waals surface area contributed by atoms with Gasteiger partial charge in [0, 0.05) is 24.2 Å². The Bertz CT molecular complexity index is 1130. The molecule has 0 spiro atoms. The second-order valence-corrected chi connectivity index (χ2v) is 7.05. The normalized spacial score (nSPS) is 10.9. The van der Waals surface area contributed by atoms with E-state index in [0.717, 1.165) is 33.8 Å². The lowest BCUT2D eigenvalue weighted by Gasteiger charge is -2.11. The molecule has 0 radical (unpaired) electrons. The molecule has 28 heavy (non-hydrogen) atoms. The number of anilines is 1. The van der Waals surface area contributed by atoms with E-state index in [2.05, 4.69) is 34.1 Å². The Labute approximate surface area is 164 Å². The topological polar surface area (TPSA) is 46.9 Å². The molecule has 3 aromatic carbocycles. The first-order valence-electron chi connectivity index (χ1n) is 9.51. The van der Waals surface area contributed by atoms with Crippen LogP contribution in [0.1, 0.15) is 23.4 Å². The van der Waals surface area contributed by atoms with Crippen molar-refractivity contribution in [1.82, 2.24) is 9.55 Å². The molecule has 1 heterocycles. The van der Waals surface area contributed by atoms with Crippen molar-refractivity contribution < 1.29 is 4.79 Å². The predicted octanol–water partition coefficient (Wildman–Crippen LogP) is 5.21. The summed E-state index contributed by atoms with van der Waals surface area (Å²) < 4.78 is 2.14. The van der Waals surface area contributed by atoms with Gasteiger partial charge in [0.1, 0.15) is 5.82 Å². The van der Waals surface area contributed by atoms with Crippen LogP contribution in [0.3, 0.4) is 0 Å². The number of rotatable bonds is 5. The van der Waals surface area contributed by atoms with Gasteiger partial charge < -0.3 is 5.32 Å². The lowest BCUT2D eigenvalue weighted by Crippen LogP contribution is -2.14. The van der Waals surface area contributed by atoms with Gasteiger partial charge in [0.05, 0.1) is 11.0 Å². The zero-order valence-corrected chi connectivity index (χ0v) is 16.1. The van der Waals surface area contributed by atoms with Crippen molar-refractivity contribution in [3.8, 4) is 5.69 Å². The number of nitrogens with one attached hydrogen (secondary N) is 1. The van der Waals surface area contributed by atoms with E-state index >= 15 is 0 Å². The van der Waals surface area contributed by atoms with Crippen LogP contribution < -0.4 is 5.32 Å². The highest BCUT2D eigenvalue weighted by Crippen LogP contribution is 2.23. The van der Waals surface area contributed by atoms with Gasteiger partial charge in [-0.1, -0.05) is 48.0 Å². The Morgan fingerprint density at radius 2 is 1.71 bits per heavy atom. The van der Waals surface area contributed by atoms with E-state index in [9.17, 15) is 4.79 Å². The van der Waals surface area contributed by atoms with Crippen molar-refractivity contribution in [3.05, 3.63) is 89.7 Å². The summed E-state index contributed by atoms with van der Waals surface area (Å²) in [5.41, 5.74) is 6.18. The fraction of sp³-hybridized carbons (Fsp3) is 0.167. The summed E-state index contributed by atoms with van der Waals surface area (Å²) in [4.78, 5) is 17.3. The Morgan fingerprint density at radius 1 is 0.964 bits per heavy atom. The Balaban J connectivity index is 1.57. The molecule has 0 atom stereocenters. The van der Waals surface area contributed by atoms with E-state index in [1.807, 2.05) is 62.4 Å². The Morgan fingerprint density at radius 3 is 2.50 bits per heavy atom. The number of hydrogen-bond donors (Lipinski definition) is 1. The molecule has 1 N–H and O–H groups in total. The monoisotopic (exact) mass is 369 g/mol. The van der Waals surface area contributed by atoms with Crippen LogP contribution in [0.5, 0.6) is 0 Å². The number of nitrogens with zero attached hydrogens (tertiary/aromatic N) is 2. The molecule has 0 fully saturated rings. The minimum atomic E-state index is -0.00128. The van der Waals surface area contributed by atoms with Crippen molar-refractivity contribution in [2.24, 2.45) is 0 Å². The standard InChI is InChI=1S/C24H23N3O/c1-17-12-13-20(18(2)16-17)26-24(28)15-14-23-25-21-10-6-7-11-22(21)27(23)19-8-4-3-5-9-19/h3-13,16H,14-15H2,1-2H3,(H,26,28). The fourth-order valence-electron chi connectivity index (χ4n) is 3.50. The molecule has 0 saturated heterocycles. The number of imidazole rings is 1. The van der Waals surface area contributed by atoms with E-state index in [1.165, 1.54) is 5.56 Å². The highest BCUT2D eigenvalue weighted by Gasteiger charge is 2.14. The summed E-state index contributed by atoms with van der Waals surface area (Å²) >= 11 is 0. The smallest absolute Gasteiger partial charge is 0.224 e. The molecule has 4 nitrogen and oxygen atoms in total. The molecule has 4 aromatic rings. The number of para-hydroxylation sites is 3.